The number of hydrogen-bond donors (Lipinski definition) is 2. The number of hydrogen-bond acceptors (Lipinski definition) is 2. The van der Waals surface area contributed by atoms with E-state index < -0.39 is 5.60 Å². The number of aliphatic hydroxyl groups excluding tert-OH is 1. The van der Waals surface area contributed by atoms with Gasteiger partial charge in [0.25, 0.3) is 0 Å². The van der Waals surface area contributed by atoms with Gasteiger partial charge in [0.1, 0.15) is 0 Å². The summed E-state index contributed by atoms with van der Waals surface area (Å²) in [7, 11) is 0. The highest BCUT2D eigenvalue weighted by atomic mass is 16.3. The van der Waals surface area contributed by atoms with Crippen LogP contribution in [-0.4, -0.2) is 22.4 Å². The van der Waals surface area contributed by atoms with Crippen molar-refractivity contribution in [1.82, 2.24) is 0 Å². The quantitative estimate of drug-likeness (QED) is 0.682. The van der Waals surface area contributed by atoms with Gasteiger partial charge < -0.3 is 10.2 Å². The first-order valence-electron chi connectivity index (χ1n) is 4.65. The highest BCUT2D eigenvalue weighted by molar-refractivity contribution is 4.94. The lowest BCUT2D eigenvalue weighted by molar-refractivity contribution is -0.135. The third-order valence-corrected chi connectivity index (χ3v) is 3.25. The van der Waals surface area contributed by atoms with Crippen molar-refractivity contribution in [3.8, 4) is 0 Å². The maximum Gasteiger partial charge on any atom is 0.0950 e. The van der Waals surface area contributed by atoms with Crippen molar-refractivity contribution >= 4 is 0 Å². The van der Waals surface area contributed by atoms with Gasteiger partial charge >= 0.3 is 0 Å². The van der Waals surface area contributed by atoms with Crippen LogP contribution in [0.2, 0.25) is 0 Å². The van der Waals surface area contributed by atoms with Crippen LogP contribution < -0.4 is 0 Å². The molecule has 12 heavy (non-hydrogen) atoms. The monoisotopic (exact) mass is 174 g/mol. The summed E-state index contributed by atoms with van der Waals surface area (Å²) in [5, 5.41) is 19.3. The molecule has 0 saturated carbocycles. The smallest absolute Gasteiger partial charge is 0.0950 e. The molecule has 0 aliphatic carbocycles. The zero-order valence-corrected chi connectivity index (χ0v) is 8.89. The summed E-state index contributed by atoms with van der Waals surface area (Å²) < 4.78 is 0. The normalized spacial score (nSPS) is 18.0. The summed E-state index contributed by atoms with van der Waals surface area (Å²) in [6.45, 7) is 9.72. The van der Waals surface area contributed by atoms with E-state index in [1.165, 1.54) is 0 Å². The SMILES string of the molecule is CCC(C)(C)[C@@](O)(CO)C(C)C. The van der Waals surface area contributed by atoms with E-state index in [4.69, 9.17) is 0 Å². The van der Waals surface area contributed by atoms with E-state index in [9.17, 15) is 10.2 Å². The van der Waals surface area contributed by atoms with Crippen molar-refractivity contribution in [1.29, 1.82) is 0 Å². The highest BCUT2D eigenvalue weighted by Crippen LogP contribution is 2.38. The first kappa shape index (κ1) is 11.9. The van der Waals surface area contributed by atoms with E-state index in [2.05, 4.69) is 0 Å². The second-order valence-electron chi connectivity index (χ2n) is 4.47. The minimum absolute atomic E-state index is 0.0810. The Bertz CT molecular complexity index is 141. The Hall–Kier alpha value is -0.0800. The summed E-state index contributed by atoms with van der Waals surface area (Å²) in [5.74, 6) is 0.0810. The van der Waals surface area contributed by atoms with E-state index in [0.717, 1.165) is 6.42 Å². The summed E-state index contributed by atoms with van der Waals surface area (Å²) >= 11 is 0. The third-order valence-electron chi connectivity index (χ3n) is 3.25. The molecule has 0 radical (unpaired) electrons. The molecule has 0 spiro atoms. The molecule has 2 N–H and O–H groups in total. The Morgan fingerprint density at radius 3 is 1.75 bits per heavy atom. The zero-order chi connectivity index (χ0) is 9.99. The molecule has 2 nitrogen and oxygen atoms in total. The maximum atomic E-state index is 10.2. The first-order valence-corrected chi connectivity index (χ1v) is 4.65. The van der Waals surface area contributed by atoms with E-state index in [1.807, 2.05) is 34.6 Å². The molecule has 1 atom stereocenters. The Kier molecular flexibility index (Phi) is 3.73. The van der Waals surface area contributed by atoms with Gasteiger partial charge in [-0.1, -0.05) is 34.6 Å². The largest absolute Gasteiger partial charge is 0.393 e. The molecular weight excluding hydrogens is 152 g/mol. The topological polar surface area (TPSA) is 40.5 Å². The molecule has 0 heterocycles. The summed E-state index contributed by atoms with van der Waals surface area (Å²) in [6, 6.07) is 0. The molecular formula is C10H22O2. The molecule has 0 aromatic rings. The highest BCUT2D eigenvalue weighted by Gasteiger charge is 2.44. The molecule has 0 aromatic carbocycles. The van der Waals surface area contributed by atoms with Gasteiger partial charge in [-0.25, -0.2) is 0 Å². The number of rotatable bonds is 4. The van der Waals surface area contributed by atoms with Crippen LogP contribution in [0.15, 0.2) is 0 Å². The summed E-state index contributed by atoms with van der Waals surface area (Å²) in [4.78, 5) is 0. The van der Waals surface area contributed by atoms with Crippen LogP contribution in [0, 0.1) is 11.3 Å². The van der Waals surface area contributed by atoms with Gasteiger partial charge in [-0.15, -0.1) is 0 Å². The lowest BCUT2D eigenvalue weighted by Gasteiger charge is -2.44. The fraction of sp³-hybridized carbons (Fsp3) is 1.00. The molecule has 0 aromatic heterocycles. The minimum Gasteiger partial charge on any atom is -0.393 e. The fourth-order valence-electron chi connectivity index (χ4n) is 1.48. The second-order valence-corrected chi connectivity index (χ2v) is 4.47. The zero-order valence-electron chi connectivity index (χ0n) is 8.89. The first-order chi connectivity index (χ1) is 5.31. The van der Waals surface area contributed by atoms with Crippen LogP contribution in [0.4, 0.5) is 0 Å². The van der Waals surface area contributed by atoms with Crippen LogP contribution in [0.5, 0.6) is 0 Å². The van der Waals surface area contributed by atoms with Crippen molar-refractivity contribution in [2.75, 3.05) is 6.61 Å². The van der Waals surface area contributed by atoms with Crippen molar-refractivity contribution in [3.63, 3.8) is 0 Å². The van der Waals surface area contributed by atoms with E-state index in [0.29, 0.717) is 0 Å². The molecule has 74 valence electrons. The summed E-state index contributed by atoms with van der Waals surface area (Å²) in [6.07, 6.45) is 0.863. The van der Waals surface area contributed by atoms with Crippen LogP contribution in [0.25, 0.3) is 0 Å². The Balaban J connectivity index is 4.74. The van der Waals surface area contributed by atoms with E-state index in [1.54, 1.807) is 0 Å². The molecule has 0 fully saturated rings. The molecule has 0 amide bonds. The number of aliphatic hydroxyl groups is 2. The Morgan fingerprint density at radius 1 is 1.25 bits per heavy atom. The molecule has 0 aliphatic rings. The molecule has 0 aliphatic heterocycles. The van der Waals surface area contributed by atoms with Gasteiger partial charge in [0.15, 0.2) is 0 Å². The lowest BCUT2D eigenvalue weighted by Crippen LogP contribution is -2.51. The predicted molar refractivity (Wildman–Crippen MR) is 50.9 cm³/mol. The lowest BCUT2D eigenvalue weighted by atomic mass is 9.68. The second kappa shape index (κ2) is 3.75. The maximum absolute atomic E-state index is 10.2. The fourth-order valence-corrected chi connectivity index (χ4v) is 1.48. The standard InChI is InChI=1S/C10H22O2/c1-6-9(4,5)10(12,7-11)8(2)3/h8,11-12H,6-7H2,1-5H3/t10-/m1/s1. The van der Waals surface area contributed by atoms with Crippen molar-refractivity contribution < 1.29 is 10.2 Å². The average molecular weight is 174 g/mol. The Labute approximate surface area is 75.6 Å². The predicted octanol–water partition coefficient (Wildman–Crippen LogP) is 1.80. The van der Waals surface area contributed by atoms with Crippen LogP contribution in [0.3, 0.4) is 0 Å². The van der Waals surface area contributed by atoms with Crippen molar-refractivity contribution in [2.24, 2.45) is 11.3 Å². The van der Waals surface area contributed by atoms with Gasteiger partial charge in [0, 0.05) is 0 Å². The van der Waals surface area contributed by atoms with Gasteiger partial charge in [0.2, 0.25) is 0 Å². The summed E-state index contributed by atoms with van der Waals surface area (Å²) in [5.41, 5.74) is -1.18. The molecule has 0 unspecified atom stereocenters. The molecule has 0 saturated heterocycles. The van der Waals surface area contributed by atoms with Crippen molar-refractivity contribution in [2.45, 2.75) is 46.6 Å². The average Bonchev–Trinajstić information content (AvgIpc) is 2.02. The van der Waals surface area contributed by atoms with Gasteiger partial charge in [-0.2, -0.15) is 0 Å². The van der Waals surface area contributed by atoms with Gasteiger partial charge in [-0.05, 0) is 17.8 Å². The minimum atomic E-state index is -0.957. The molecule has 0 rings (SSSR count). The van der Waals surface area contributed by atoms with E-state index >= 15 is 0 Å². The van der Waals surface area contributed by atoms with Crippen molar-refractivity contribution in [3.05, 3.63) is 0 Å². The molecule has 2 heteroatoms. The van der Waals surface area contributed by atoms with Gasteiger partial charge in [0.05, 0.1) is 12.2 Å². The Morgan fingerprint density at radius 2 is 1.67 bits per heavy atom. The van der Waals surface area contributed by atoms with Crippen LogP contribution in [-0.2, 0) is 0 Å². The van der Waals surface area contributed by atoms with E-state index in [-0.39, 0.29) is 17.9 Å². The van der Waals surface area contributed by atoms with Crippen LogP contribution in [0.1, 0.15) is 41.0 Å². The van der Waals surface area contributed by atoms with Gasteiger partial charge in [-0.3, -0.25) is 0 Å². The molecule has 0 bridgehead atoms. The third kappa shape index (κ3) is 1.80. The van der Waals surface area contributed by atoms with Crippen LogP contribution >= 0.6 is 0 Å².